The number of aliphatic hydroxyl groups is 1. The highest BCUT2D eigenvalue weighted by molar-refractivity contribution is 5.94. The van der Waals surface area contributed by atoms with Gasteiger partial charge in [-0.2, -0.15) is 0 Å². The number of aliphatic hydroxyl groups excluding tert-OH is 1. The lowest BCUT2D eigenvalue weighted by Crippen LogP contribution is -2.51. The van der Waals surface area contributed by atoms with Gasteiger partial charge in [0.15, 0.2) is 0 Å². The Morgan fingerprint density at radius 2 is 1.97 bits per heavy atom. The minimum Gasteiger partial charge on any atom is -0.497 e. The summed E-state index contributed by atoms with van der Waals surface area (Å²) < 4.78 is 24.3. The summed E-state index contributed by atoms with van der Waals surface area (Å²) in [4.78, 5) is 24.7. The number of hydrogen-bond acceptors (Lipinski definition) is 5. The van der Waals surface area contributed by atoms with Gasteiger partial charge in [0.05, 0.1) is 32.3 Å². The molecule has 1 aliphatic heterocycles. The van der Waals surface area contributed by atoms with Crippen molar-refractivity contribution in [2.24, 2.45) is 0 Å². The monoisotopic (exact) mass is 430 g/mol. The molecule has 2 amide bonds. The molecule has 0 aliphatic carbocycles. The summed E-state index contributed by atoms with van der Waals surface area (Å²) in [5.41, 5.74) is 1.16. The van der Waals surface area contributed by atoms with Crippen molar-refractivity contribution in [1.29, 1.82) is 0 Å². The number of nitrogens with one attached hydrogen (secondary N) is 2. The van der Waals surface area contributed by atoms with Crippen molar-refractivity contribution in [3.8, 4) is 5.75 Å². The van der Waals surface area contributed by atoms with Crippen LogP contribution in [0.15, 0.2) is 48.5 Å². The van der Waals surface area contributed by atoms with Gasteiger partial charge in [0, 0.05) is 12.1 Å². The van der Waals surface area contributed by atoms with Crippen molar-refractivity contribution in [3.63, 3.8) is 0 Å². The zero-order valence-electron chi connectivity index (χ0n) is 17.3. The van der Waals surface area contributed by atoms with E-state index in [2.05, 4.69) is 10.6 Å². The second-order valence-corrected chi connectivity index (χ2v) is 7.48. The summed E-state index contributed by atoms with van der Waals surface area (Å²) in [6.07, 6.45) is 0.279. The summed E-state index contributed by atoms with van der Waals surface area (Å²) in [5, 5.41) is 15.3. The van der Waals surface area contributed by atoms with E-state index in [1.165, 1.54) is 18.2 Å². The Labute approximate surface area is 180 Å². The third-order valence-corrected chi connectivity index (χ3v) is 5.26. The molecule has 3 rings (SSSR count). The molecule has 0 radical (unpaired) electrons. The molecular weight excluding hydrogens is 403 g/mol. The van der Waals surface area contributed by atoms with Gasteiger partial charge in [0.2, 0.25) is 5.91 Å². The van der Waals surface area contributed by atoms with Crippen LogP contribution in [0.25, 0.3) is 0 Å². The summed E-state index contributed by atoms with van der Waals surface area (Å²) in [6, 6.07) is 12.4. The highest BCUT2D eigenvalue weighted by atomic mass is 19.1. The Morgan fingerprint density at radius 1 is 1.19 bits per heavy atom. The van der Waals surface area contributed by atoms with Gasteiger partial charge < -0.3 is 25.2 Å². The predicted octanol–water partition coefficient (Wildman–Crippen LogP) is 2.18. The number of carbonyl (C=O) groups is 2. The maximum atomic E-state index is 13.3. The summed E-state index contributed by atoms with van der Waals surface area (Å²) >= 11 is 0. The molecule has 1 saturated heterocycles. The van der Waals surface area contributed by atoms with Gasteiger partial charge in [0.1, 0.15) is 17.7 Å². The third-order valence-electron chi connectivity index (χ3n) is 5.26. The number of amides is 2. The van der Waals surface area contributed by atoms with Crippen LogP contribution < -0.4 is 15.4 Å². The minimum absolute atomic E-state index is 0.153. The van der Waals surface area contributed by atoms with Crippen molar-refractivity contribution in [1.82, 2.24) is 10.6 Å². The Morgan fingerprint density at radius 3 is 2.65 bits per heavy atom. The smallest absolute Gasteiger partial charge is 0.251 e. The lowest BCUT2D eigenvalue weighted by atomic mass is 9.96. The Bertz CT molecular complexity index is 890. The van der Waals surface area contributed by atoms with Gasteiger partial charge in [-0.15, -0.1) is 0 Å². The van der Waals surface area contributed by atoms with E-state index in [-0.39, 0.29) is 30.6 Å². The summed E-state index contributed by atoms with van der Waals surface area (Å²) in [7, 11) is 1.60. The molecule has 7 nitrogen and oxygen atoms in total. The first-order valence-electron chi connectivity index (χ1n) is 10.2. The van der Waals surface area contributed by atoms with Crippen LogP contribution in [0.2, 0.25) is 0 Å². The molecule has 0 spiro atoms. The van der Waals surface area contributed by atoms with Gasteiger partial charge in [-0.3, -0.25) is 9.59 Å². The molecule has 1 aliphatic rings. The lowest BCUT2D eigenvalue weighted by molar-refractivity contribution is -0.131. The number of carbonyl (C=O) groups excluding carboxylic acids is 2. The minimum atomic E-state index is -0.634. The fourth-order valence-electron chi connectivity index (χ4n) is 3.55. The van der Waals surface area contributed by atoms with Crippen molar-refractivity contribution >= 4 is 11.8 Å². The van der Waals surface area contributed by atoms with Crippen molar-refractivity contribution in [3.05, 3.63) is 65.5 Å². The summed E-state index contributed by atoms with van der Waals surface area (Å²) in [6.45, 7) is 0.101. The highest BCUT2D eigenvalue weighted by Gasteiger charge is 2.33. The van der Waals surface area contributed by atoms with E-state index in [9.17, 15) is 19.1 Å². The molecule has 0 aromatic heterocycles. The average molecular weight is 430 g/mol. The standard InChI is InChI=1S/C23H27FN2O5/c1-30-18-7-5-15(6-8-18)13-25-22(28)12-19-9-10-20(21(14-27)31-19)26-23(29)16-3-2-4-17(24)11-16/h2-8,11,19-21,27H,9-10,12-14H2,1H3,(H,25,28)(H,26,29)/t19-,20-,21+/m0/s1. The van der Waals surface area contributed by atoms with E-state index >= 15 is 0 Å². The second kappa shape index (κ2) is 10.9. The number of halogens is 1. The molecule has 0 bridgehead atoms. The van der Waals surface area contributed by atoms with Crippen LogP contribution in [-0.2, 0) is 16.1 Å². The molecule has 2 aromatic rings. The van der Waals surface area contributed by atoms with Gasteiger partial charge in [-0.1, -0.05) is 18.2 Å². The zero-order chi connectivity index (χ0) is 22.2. The molecule has 1 heterocycles. The topological polar surface area (TPSA) is 96.9 Å². The second-order valence-electron chi connectivity index (χ2n) is 7.48. The van der Waals surface area contributed by atoms with Gasteiger partial charge in [0.25, 0.3) is 5.91 Å². The largest absolute Gasteiger partial charge is 0.497 e. The van der Waals surface area contributed by atoms with Crippen LogP contribution in [0.1, 0.15) is 35.2 Å². The molecule has 2 aromatic carbocycles. The van der Waals surface area contributed by atoms with E-state index in [1.54, 1.807) is 7.11 Å². The molecule has 1 fully saturated rings. The van der Waals surface area contributed by atoms with Crippen LogP contribution >= 0.6 is 0 Å². The molecule has 166 valence electrons. The van der Waals surface area contributed by atoms with Crippen LogP contribution in [0.4, 0.5) is 4.39 Å². The fraction of sp³-hybridized carbons (Fsp3) is 0.391. The lowest BCUT2D eigenvalue weighted by Gasteiger charge is -2.36. The van der Waals surface area contributed by atoms with Crippen LogP contribution in [0, 0.1) is 5.82 Å². The number of ether oxygens (including phenoxy) is 2. The first-order valence-corrected chi connectivity index (χ1v) is 10.2. The van der Waals surface area contributed by atoms with Crippen molar-refractivity contribution in [2.75, 3.05) is 13.7 Å². The Kier molecular flexibility index (Phi) is 7.97. The van der Waals surface area contributed by atoms with E-state index in [1.807, 2.05) is 24.3 Å². The Hall–Kier alpha value is -2.97. The van der Waals surface area contributed by atoms with Gasteiger partial charge in [-0.05, 0) is 48.7 Å². The van der Waals surface area contributed by atoms with E-state index in [4.69, 9.17) is 9.47 Å². The number of hydrogen-bond donors (Lipinski definition) is 3. The van der Waals surface area contributed by atoms with Gasteiger partial charge >= 0.3 is 0 Å². The average Bonchev–Trinajstić information content (AvgIpc) is 2.79. The number of benzene rings is 2. The quantitative estimate of drug-likeness (QED) is 0.597. The Balaban J connectivity index is 1.47. The normalized spacial score (nSPS) is 20.7. The SMILES string of the molecule is COc1ccc(CNC(=O)C[C@@H]2CC[C@H](NC(=O)c3cccc(F)c3)[C@@H](CO)O2)cc1. The third kappa shape index (κ3) is 6.50. The van der Waals surface area contributed by atoms with Gasteiger partial charge in [-0.25, -0.2) is 4.39 Å². The highest BCUT2D eigenvalue weighted by Crippen LogP contribution is 2.22. The van der Waals surface area contributed by atoms with Crippen LogP contribution in [0.5, 0.6) is 5.75 Å². The predicted molar refractivity (Wildman–Crippen MR) is 112 cm³/mol. The molecule has 3 atom stereocenters. The van der Waals surface area contributed by atoms with E-state index in [0.29, 0.717) is 19.4 Å². The van der Waals surface area contributed by atoms with Crippen molar-refractivity contribution < 1.29 is 28.6 Å². The fourth-order valence-corrected chi connectivity index (χ4v) is 3.55. The maximum Gasteiger partial charge on any atom is 0.251 e. The van der Waals surface area contributed by atoms with Crippen molar-refractivity contribution in [2.45, 2.75) is 44.1 Å². The maximum absolute atomic E-state index is 13.3. The van der Waals surface area contributed by atoms with E-state index < -0.39 is 23.9 Å². The van der Waals surface area contributed by atoms with Crippen LogP contribution in [-0.4, -0.2) is 48.9 Å². The molecule has 0 saturated carbocycles. The molecule has 0 unspecified atom stereocenters. The summed E-state index contributed by atoms with van der Waals surface area (Å²) in [5.74, 6) is -0.325. The first-order chi connectivity index (χ1) is 15.0. The molecular formula is C23H27FN2O5. The first kappa shape index (κ1) is 22.7. The number of rotatable bonds is 8. The zero-order valence-corrected chi connectivity index (χ0v) is 17.3. The number of methoxy groups -OCH3 is 1. The van der Waals surface area contributed by atoms with E-state index in [0.717, 1.165) is 17.4 Å². The molecule has 31 heavy (non-hydrogen) atoms. The molecule has 3 N–H and O–H groups in total. The molecule has 8 heteroatoms. The van der Waals surface area contributed by atoms with Crippen LogP contribution in [0.3, 0.4) is 0 Å².